The molecule has 0 aromatic carbocycles. The van der Waals surface area contributed by atoms with Crippen LogP contribution in [-0.2, 0) is 14.8 Å². The first kappa shape index (κ1) is 11.3. The molecule has 1 heterocycles. The van der Waals surface area contributed by atoms with Gasteiger partial charge in [-0.05, 0) is 12.8 Å². The highest BCUT2D eigenvalue weighted by Crippen LogP contribution is 2.30. The summed E-state index contributed by atoms with van der Waals surface area (Å²) in [7, 11) is -3.11. The Hall–Kier alpha value is -0.170. The van der Waals surface area contributed by atoms with E-state index in [1.165, 1.54) is 0 Å². The quantitative estimate of drug-likeness (QED) is 0.716. The second-order valence-corrected chi connectivity index (χ2v) is 6.34. The van der Waals surface area contributed by atoms with Gasteiger partial charge >= 0.3 is 0 Å². The summed E-state index contributed by atoms with van der Waals surface area (Å²) in [6.07, 6.45) is 2.63. The molecule has 1 aliphatic heterocycles. The Morgan fingerprint density at radius 2 is 2.13 bits per heavy atom. The van der Waals surface area contributed by atoms with Crippen LogP contribution in [0.25, 0.3) is 0 Å². The molecule has 0 amide bonds. The van der Waals surface area contributed by atoms with Crippen molar-refractivity contribution in [3.63, 3.8) is 0 Å². The Labute approximate surface area is 90.6 Å². The standard InChI is InChI=1S/C9H18N2O3S/c10-6-8-7-14-5-4-11(8)15(12,13)9-2-1-3-9/h8-9H,1-7,10H2. The van der Waals surface area contributed by atoms with Crippen LogP contribution in [0.2, 0.25) is 0 Å². The highest BCUT2D eigenvalue weighted by Gasteiger charge is 2.40. The number of nitrogens with two attached hydrogens (primary N) is 1. The second kappa shape index (κ2) is 4.37. The average Bonchev–Trinajstić information content (AvgIpc) is 2.14. The SMILES string of the molecule is NCC1COCCN1S(=O)(=O)C1CCC1. The fourth-order valence-electron chi connectivity index (χ4n) is 2.02. The Morgan fingerprint density at radius 1 is 1.40 bits per heavy atom. The fourth-order valence-corrected chi connectivity index (χ4v) is 4.22. The van der Waals surface area contributed by atoms with Gasteiger partial charge in [-0.3, -0.25) is 0 Å². The molecule has 1 unspecified atom stereocenters. The van der Waals surface area contributed by atoms with Crippen LogP contribution in [0.4, 0.5) is 0 Å². The monoisotopic (exact) mass is 234 g/mol. The van der Waals surface area contributed by atoms with Crippen molar-refractivity contribution in [2.75, 3.05) is 26.3 Å². The summed E-state index contributed by atoms with van der Waals surface area (Å²) in [5.41, 5.74) is 5.56. The van der Waals surface area contributed by atoms with Gasteiger partial charge in [-0.2, -0.15) is 4.31 Å². The normalized spacial score (nSPS) is 30.1. The van der Waals surface area contributed by atoms with E-state index in [4.69, 9.17) is 10.5 Å². The summed E-state index contributed by atoms with van der Waals surface area (Å²) in [5, 5.41) is -0.162. The third-order valence-electron chi connectivity index (χ3n) is 3.25. The summed E-state index contributed by atoms with van der Waals surface area (Å²) in [6, 6.07) is -0.163. The lowest BCUT2D eigenvalue weighted by atomic mass is 10.0. The molecule has 6 heteroatoms. The van der Waals surface area contributed by atoms with E-state index < -0.39 is 10.0 Å². The molecule has 2 fully saturated rings. The Morgan fingerprint density at radius 3 is 2.67 bits per heavy atom. The zero-order valence-electron chi connectivity index (χ0n) is 8.76. The molecule has 0 radical (unpaired) electrons. The molecule has 0 bridgehead atoms. The minimum atomic E-state index is -3.11. The van der Waals surface area contributed by atoms with Gasteiger partial charge in [-0.15, -0.1) is 0 Å². The summed E-state index contributed by atoms with van der Waals surface area (Å²) in [4.78, 5) is 0. The van der Waals surface area contributed by atoms with Gasteiger partial charge in [-0.1, -0.05) is 6.42 Å². The van der Waals surface area contributed by atoms with Gasteiger partial charge < -0.3 is 10.5 Å². The zero-order chi connectivity index (χ0) is 10.9. The average molecular weight is 234 g/mol. The van der Waals surface area contributed by atoms with Crippen LogP contribution in [0.3, 0.4) is 0 Å². The molecule has 1 saturated carbocycles. The molecule has 2 N–H and O–H groups in total. The van der Waals surface area contributed by atoms with Crippen molar-refractivity contribution >= 4 is 10.0 Å². The number of nitrogens with zero attached hydrogens (tertiary/aromatic N) is 1. The maximum absolute atomic E-state index is 12.2. The van der Waals surface area contributed by atoms with Crippen LogP contribution >= 0.6 is 0 Å². The van der Waals surface area contributed by atoms with Crippen LogP contribution in [0.15, 0.2) is 0 Å². The molecule has 2 rings (SSSR count). The fraction of sp³-hybridized carbons (Fsp3) is 1.00. The van der Waals surface area contributed by atoms with Crippen LogP contribution in [0.5, 0.6) is 0 Å². The lowest BCUT2D eigenvalue weighted by Gasteiger charge is -2.38. The van der Waals surface area contributed by atoms with E-state index in [0.29, 0.717) is 26.3 Å². The molecule has 0 aromatic rings. The van der Waals surface area contributed by atoms with E-state index in [0.717, 1.165) is 19.3 Å². The molecule has 2 aliphatic rings. The highest BCUT2D eigenvalue weighted by molar-refractivity contribution is 7.89. The Kier molecular flexibility index (Phi) is 3.30. The summed E-state index contributed by atoms with van der Waals surface area (Å²) in [5.74, 6) is 0. The number of ether oxygens (including phenoxy) is 1. The maximum Gasteiger partial charge on any atom is 0.217 e. The zero-order valence-corrected chi connectivity index (χ0v) is 9.58. The predicted molar refractivity (Wildman–Crippen MR) is 56.9 cm³/mol. The van der Waals surface area contributed by atoms with Gasteiger partial charge in [-0.25, -0.2) is 8.42 Å². The number of sulfonamides is 1. The van der Waals surface area contributed by atoms with Crippen molar-refractivity contribution < 1.29 is 13.2 Å². The third kappa shape index (κ3) is 2.04. The van der Waals surface area contributed by atoms with Crippen LogP contribution in [-0.4, -0.2) is 50.3 Å². The predicted octanol–water partition coefficient (Wildman–Crippen LogP) is -0.472. The number of hydrogen-bond donors (Lipinski definition) is 1. The first-order valence-electron chi connectivity index (χ1n) is 5.44. The van der Waals surface area contributed by atoms with Crippen molar-refractivity contribution in [1.82, 2.24) is 4.31 Å². The molecule has 1 atom stereocenters. The second-order valence-electron chi connectivity index (χ2n) is 4.17. The molecule has 15 heavy (non-hydrogen) atoms. The van der Waals surface area contributed by atoms with E-state index in [2.05, 4.69) is 0 Å². The molecule has 1 aliphatic carbocycles. The van der Waals surface area contributed by atoms with Gasteiger partial charge in [0.05, 0.1) is 24.5 Å². The van der Waals surface area contributed by atoms with Crippen LogP contribution in [0.1, 0.15) is 19.3 Å². The van der Waals surface area contributed by atoms with Crippen molar-refractivity contribution in [2.45, 2.75) is 30.6 Å². The molecular formula is C9H18N2O3S. The van der Waals surface area contributed by atoms with E-state index in [9.17, 15) is 8.42 Å². The van der Waals surface area contributed by atoms with Crippen molar-refractivity contribution in [3.05, 3.63) is 0 Å². The van der Waals surface area contributed by atoms with Crippen LogP contribution < -0.4 is 5.73 Å². The lowest BCUT2D eigenvalue weighted by molar-refractivity contribution is 0.0349. The van der Waals surface area contributed by atoms with Crippen molar-refractivity contribution in [1.29, 1.82) is 0 Å². The summed E-state index contributed by atoms with van der Waals surface area (Å²) < 4.78 is 31.1. The van der Waals surface area contributed by atoms with Crippen LogP contribution in [0, 0.1) is 0 Å². The smallest absolute Gasteiger partial charge is 0.217 e. The third-order valence-corrected chi connectivity index (χ3v) is 5.69. The van der Waals surface area contributed by atoms with Gasteiger partial charge in [0.15, 0.2) is 0 Å². The maximum atomic E-state index is 12.2. The van der Waals surface area contributed by atoms with E-state index in [1.54, 1.807) is 4.31 Å². The molecule has 0 spiro atoms. The molecule has 1 saturated heterocycles. The largest absolute Gasteiger partial charge is 0.378 e. The van der Waals surface area contributed by atoms with Gasteiger partial charge in [0, 0.05) is 13.1 Å². The Bertz CT molecular complexity index is 313. The first-order valence-corrected chi connectivity index (χ1v) is 6.95. The highest BCUT2D eigenvalue weighted by atomic mass is 32.2. The minimum absolute atomic E-state index is 0.162. The molecule has 0 aromatic heterocycles. The summed E-state index contributed by atoms with van der Waals surface area (Å²) >= 11 is 0. The van der Waals surface area contributed by atoms with Crippen molar-refractivity contribution in [3.8, 4) is 0 Å². The summed E-state index contributed by atoms with van der Waals surface area (Å²) in [6.45, 7) is 1.72. The number of hydrogen-bond acceptors (Lipinski definition) is 4. The minimum Gasteiger partial charge on any atom is -0.378 e. The van der Waals surface area contributed by atoms with Gasteiger partial charge in [0.1, 0.15) is 0 Å². The van der Waals surface area contributed by atoms with E-state index >= 15 is 0 Å². The Balaban J connectivity index is 2.12. The van der Waals surface area contributed by atoms with E-state index in [1.807, 2.05) is 0 Å². The van der Waals surface area contributed by atoms with E-state index in [-0.39, 0.29) is 11.3 Å². The number of morpholine rings is 1. The number of rotatable bonds is 3. The molecule has 88 valence electrons. The molecular weight excluding hydrogens is 216 g/mol. The van der Waals surface area contributed by atoms with Crippen molar-refractivity contribution in [2.24, 2.45) is 5.73 Å². The van der Waals surface area contributed by atoms with Gasteiger partial charge in [0.25, 0.3) is 0 Å². The van der Waals surface area contributed by atoms with Gasteiger partial charge in [0.2, 0.25) is 10.0 Å². The molecule has 5 nitrogen and oxygen atoms in total. The topological polar surface area (TPSA) is 72.6 Å². The first-order chi connectivity index (χ1) is 7.16. The lowest BCUT2D eigenvalue weighted by Crippen LogP contribution is -2.55.